The molecule has 1 unspecified atom stereocenters. The van der Waals surface area contributed by atoms with Crippen LogP contribution in [0, 0.1) is 0 Å². The van der Waals surface area contributed by atoms with Crippen molar-refractivity contribution in [2.75, 3.05) is 13.1 Å². The third-order valence-electron chi connectivity index (χ3n) is 4.66. The summed E-state index contributed by atoms with van der Waals surface area (Å²) in [4.78, 5) is 17.0. The lowest BCUT2D eigenvalue weighted by atomic mass is 10.1. The maximum atomic E-state index is 12.6. The van der Waals surface area contributed by atoms with E-state index < -0.39 is 10.0 Å². The summed E-state index contributed by atoms with van der Waals surface area (Å²) >= 11 is 1.49. The van der Waals surface area contributed by atoms with Crippen LogP contribution in [0.15, 0.2) is 52.9 Å². The van der Waals surface area contributed by atoms with Crippen molar-refractivity contribution in [1.82, 2.24) is 14.6 Å². The van der Waals surface area contributed by atoms with Crippen molar-refractivity contribution in [3.63, 3.8) is 0 Å². The van der Waals surface area contributed by atoms with Gasteiger partial charge in [-0.05, 0) is 42.8 Å². The Morgan fingerprint density at radius 2 is 1.82 bits per heavy atom. The molecule has 0 fully saturated rings. The van der Waals surface area contributed by atoms with Gasteiger partial charge in [-0.15, -0.1) is 11.3 Å². The van der Waals surface area contributed by atoms with Crippen molar-refractivity contribution in [2.24, 2.45) is 0 Å². The predicted molar refractivity (Wildman–Crippen MR) is 112 cm³/mol. The first kappa shape index (κ1) is 20.4. The molecular weight excluding hydrogens is 394 g/mol. The first-order valence-corrected chi connectivity index (χ1v) is 11.4. The van der Waals surface area contributed by atoms with E-state index in [0.717, 1.165) is 15.8 Å². The summed E-state index contributed by atoms with van der Waals surface area (Å²) in [7, 11) is -3.48. The highest BCUT2D eigenvalue weighted by Gasteiger charge is 2.21. The molecule has 0 saturated carbocycles. The van der Waals surface area contributed by atoms with Crippen molar-refractivity contribution in [3.05, 3.63) is 59.1 Å². The molecule has 148 valence electrons. The largest absolute Gasteiger partial charge is 0.346 e. The molecule has 1 N–H and O–H groups in total. The molecule has 28 heavy (non-hydrogen) atoms. The van der Waals surface area contributed by atoms with E-state index in [9.17, 15) is 13.2 Å². The highest BCUT2D eigenvalue weighted by molar-refractivity contribution is 7.89. The highest BCUT2D eigenvalue weighted by Crippen LogP contribution is 2.21. The van der Waals surface area contributed by atoms with Crippen LogP contribution >= 0.6 is 11.3 Å². The summed E-state index contributed by atoms with van der Waals surface area (Å²) in [6.07, 6.45) is 0. The Morgan fingerprint density at radius 1 is 1.14 bits per heavy atom. The summed E-state index contributed by atoms with van der Waals surface area (Å²) in [6, 6.07) is 11.8. The molecule has 0 aliphatic rings. The standard InChI is InChI=1S/C20H23N3O3S2/c1-4-23(5-2)28(25,26)17-9-6-15(7-10-17)14(3)22-20(24)16-8-11-18-19(12-16)27-13-21-18/h6-14H,4-5H2,1-3H3,(H,22,24). The number of sulfonamides is 1. The Bertz CT molecular complexity index is 1070. The van der Waals surface area contributed by atoms with E-state index in [2.05, 4.69) is 10.3 Å². The number of nitrogens with one attached hydrogen (secondary N) is 1. The van der Waals surface area contributed by atoms with Gasteiger partial charge < -0.3 is 5.32 Å². The van der Waals surface area contributed by atoms with Crippen LogP contribution in [0.5, 0.6) is 0 Å². The number of hydrogen-bond donors (Lipinski definition) is 1. The van der Waals surface area contributed by atoms with Gasteiger partial charge in [0.25, 0.3) is 5.91 Å². The normalized spacial score (nSPS) is 13.0. The lowest BCUT2D eigenvalue weighted by molar-refractivity contribution is 0.0940. The molecule has 0 saturated heterocycles. The monoisotopic (exact) mass is 417 g/mol. The second kappa shape index (κ2) is 8.38. The Labute approximate surface area is 169 Å². The third kappa shape index (κ3) is 4.09. The zero-order valence-electron chi connectivity index (χ0n) is 16.0. The van der Waals surface area contributed by atoms with Crippen LogP contribution in [0.25, 0.3) is 10.2 Å². The quantitative estimate of drug-likeness (QED) is 0.634. The first-order chi connectivity index (χ1) is 13.4. The summed E-state index contributed by atoms with van der Waals surface area (Å²) < 4.78 is 27.5. The van der Waals surface area contributed by atoms with Gasteiger partial charge >= 0.3 is 0 Å². The number of nitrogens with zero attached hydrogens (tertiary/aromatic N) is 2. The number of aromatic nitrogens is 1. The number of hydrogen-bond acceptors (Lipinski definition) is 5. The van der Waals surface area contributed by atoms with Gasteiger partial charge in [0.05, 0.1) is 26.7 Å². The van der Waals surface area contributed by atoms with Crippen LogP contribution in [0.2, 0.25) is 0 Å². The van der Waals surface area contributed by atoms with E-state index in [-0.39, 0.29) is 16.8 Å². The summed E-state index contributed by atoms with van der Waals surface area (Å²) in [5.41, 5.74) is 4.04. The van der Waals surface area contributed by atoms with Crippen molar-refractivity contribution in [3.8, 4) is 0 Å². The van der Waals surface area contributed by atoms with Crippen LogP contribution in [0.1, 0.15) is 42.7 Å². The molecule has 2 aromatic carbocycles. The van der Waals surface area contributed by atoms with E-state index in [1.807, 2.05) is 32.9 Å². The van der Waals surface area contributed by atoms with E-state index >= 15 is 0 Å². The van der Waals surface area contributed by atoms with E-state index in [1.165, 1.54) is 15.6 Å². The Hall–Kier alpha value is -2.29. The minimum absolute atomic E-state index is 0.178. The van der Waals surface area contributed by atoms with Crippen LogP contribution in [-0.4, -0.2) is 36.7 Å². The van der Waals surface area contributed by atoms with Gasteiger partial charge in [0.2, 0.25) is 10.0 Å². The van der Waals surface area contributed by atoms with Gasteiger partial charge in [0, 0.05) is 18.7 Å². The molecule has 8 heteroatoms. The van der Waals surface area contributed by atoms with Crippen LogP contribution in [0.4, 0.5) is 0 Å². The average Bonchev–Trinajstić information content (AvgIpc) is 3.16. The Morgan fingerprint density at radius 3 is 2.46 bits per heavy atom. The fraction of sp³-hybridized carbons (Fsp3) is 0.300. The van der Waals surface area contributed by atoms with Crippen LogP contribution in [0.3, 0.4) is 0 Å². The fourth-order valence-corrected chi connectivity index (χ4v) is 5.18. The SMILES string of the molecule is CCN(CC)S(=O)(=O)c1ccc(C(C)NC(=O)c2ccc3ncsc3c2)cc1. The van der Waals surface area contributed by atoms with Crippen molar-refractivity contribution in [1.29, 1.82) is 0 Å². The molecule has 0 spiro atoms. The molecule has 1 atom stereocenters. The van der Waals surface area contributed by atoms with Gasteiger partial charge in [0.15, 0.2) is 0 Å². The highest BCUT2D eigenvalue weighted by atomic mass is 32.2. The maximum absolute atomic E-state index is 12.6. The summed E-state index contributed by atoms with van der Waals surface area (Å²) in [5, 5.41) is 2.96. The topological polar surface area (TPSA) is 79.4 Å². The number of carbonyl (C=O) groups is 1. The smallest absolute Gasteiger partial charge is 0.251 e. The van der Waals surface area contributed by atoms with Crippen LogP contribution < -0.4 is 5.32 Å². The fourth-order valence-electron chi connectivity index (χ4n) is 3.00. The number of rotatable bonds is 7. The van der Waals surface area contributed by atoms with E-state index in [4.69, 9.17) is 0 Å². The van der Waals surface area contributed by atoms with Crippen molar-refractivity contribution in [2.45, 2.75) is 31.7 Å². The zero-order chi connectivity index (χ0) is 20.3. The molecule has 6 nitrogen and oxygen atoms in total. The number of fused-ring (bicyclic) bond motifs is 1. The van der Waals surface area contributed by atoms with E-state index in [1.54, 1.807) is 35.8 Å². The second-order valence-electron chi connectivity index (χ2n) is 6.39. The molecule has 1 heterocycles. The molecular formula is C20H23N3O3S2. The van der Waals surface area contributed by atoms with E-state index in [0.29, 0.717) is 18.7 Å². The Kier molecular flexibility index (Phi) is 6.12. The van der Waals surface area contributed by atoms with Gasteiger partial charge in [0.1, 0.15) is 0 Å². The molecule has 0 bridgehead atoms. The lowest BCUT2D eigenvalue weighted by Crippen LogP contribution is -2.30. The Balaban J connectivity index is 1.73. The summed E-state index contributed by atoms with van der Waals surface area (Å²) in [6.45, 7) is 6.36. The lowest BCUT2D eigenvalue weighted by Gasteiger charge is -2.19. The van der Waals surface area contributed by atoms with Gasteiger partial charge in [-0.3, -0.25) is 4.79 Å². The number of amides is 1. The number of benzene rings is 2. The number of carbonyl (C=O) groups excluding carboxylic acids is 1. The number of thiazole rings is 1. The van der Waals surface area contributed by atoms with Crippen molar-refractivity contribution >= 4 is 37.5 Å². The molecule has 0 aliphatic heterocycles. The average molecular weight is 418 g/mol. The first-order valence-electron chi connectivity index (χ1n) is 9.11. The second-order valence-corrected chi connectivity index (χ2v) is 9.21. The molecule has 1 aromatic heterocycles. The molecule has 3 aromatic rings. The predicted octanol–water partition coefficient (Wildman–Crippen LogP) is 3.82. The van der Waals surface area contributed by atoms with Gasteiger partial charge in [-0.1, -0.05) is 26.0 Å². The summed E-state index contributed by atoms with van der Waals surface area (Å²) in [5.74, 6) is -0.178. The molecule has 3 rings (SSSR count). The minimum Gasteiger partial charge on any atom is -0.346 e. The van der Waals surface area contributed by atoms with Crippen molar-refractivity contribution < 1.29 is 13.2 Å². The molecule has 1 amide bonds. The van der Waals surface area contributed by atoms with Crippen LogP contribution in [-0.2, 0) is 10.0 Å². The third-order valence-corrected chi connectivity index (χ3v) is 7.52. The zero-order valence-corrected chi connectivity index (χ0v) is 17.7. The van der Waals surface area contributed by atoms with Gasteiger partial charge in [-0.25, -0.2) is 13.4 Å². The molecule has 0 radical (unpaired) electrons. The molecule has 0 aliphatic carbocycles. The maximum Gasteiger partial charge on any atom is 0.251 e. The minimum atomic E-state index is -3.48. The van der Waals surface area contributed by atoms with Gasteiger partial charge in [-0.2, -0.15) is 4.31 Å².